The summed E-state index contributed by atoms with van der Waals surface area (Å²) < 4.78 is 13.7. The highest BCUT2D eigenvalue weighted by Gasteiger charge is 2.43. The number of imidazole rings is 1. The summed E-state index contributed by atoms with van der Waals surface area (Å²) >= 11 is 0. The van der Waals surface area contributed by atoms with Gasteiger partial charge in [-0.1, -0.05) is 199 Å². The smallest absolute Gasteiger partial charge is 0.268 e. The number of pyridine rings is 1. The lowest BCUT2D eigenvalue weighted by molar-refractivity contribution is -0.598. The number of hydrogen-bond donors (Lipinski definition) is 0. The van der Waals surface area contributed by atoms with Gasteiger partial charge in [-0.15, -0.1) is 0 Å². The third-order valence-corrected chi connectivity index (χ3v) is 18.1. The zero-order chi connectivity index (χ0) is 60.8. The molecule has 0 amide bonds. The number of aromatic nitrogens is 4. The van der Waals surface area contributed by atoms with Crippen molar-refractivity contribution in [3.05, 3.63) is 303 Å². The first kappa shape index (κ1) is 54.4. The lowest BCUT2D eigenvalue weighted by Gasteiger charge is -2.44. The molecule has 0 bridgehead atoms. The number of para-hydroxylation sites is 5. The number of rotatable bonds is 10. The van der Waals surface area contributed by atoms with Crippen LogP contribution in [0.5, 0.6) is 11.5 Å². The van der Waals surface area contributed by atoms with Crippen LogP contribution in [0.4, 0.5) is 34.1 Å². The molecule has 2 aliphatic heterocycles. The van der Waals surface area contributed by atoms with Crippen molar-refractivity contribution in [2.75, 3.05) is 9.80 Å². The molecular weight excluding hydrogens is 1100 g/mol. The van der Waals surface area contributed by atoms with E-state index in [4.69, 9.17) is 9.72 Å². The first-order chi connectivity index (χ1) is 43.9. The van der Waals surface area contributed by atoms with Gasteiger partial charge in [-0.25, -0.2) is 4.98 Å². The average molecular weight is 1160 g/mol. The van der Waals surface area contributed by atoms with Crippen LogP contribution >= 0.6 is 0 Å². The SMILES string of the molecule is CC(C)(C)c1cc(Oc2ccc3c4cc(-c5cc6c7c(c5)N(c5ccccc5)c5ccccc5B7c5ccccc5N6c5ccccc5)ccc4n(-c4cc(C(C)(C)C)ccn4)c3c2)cc(-n2[c-][n+](-c3c(-c4ccccc4)cccc3-c3ccccc3)cc2)c1. The van der Waals surface area contributed by atoms with Gasteiger partial charge >= 0.3 is 0 Å². The fourth-order valence-corrected chi connectivity index (χ4v) is 13.7. The molecule has 0 fully saturated rings. The van der Waals surface area contributed by atoms with Crippen LogP contribution < -0.4 is 35.5 Å². The summed E-state index contributed by atoms with van der Waals surface area (Å²) in [6.07, 6.45) is 9.89. The highest BCUT2D eigenvalue weighted by Crippen LogP contribution is 2.47. The minimum atomic E-state index is -0.193. The molecule has 0 unspecified atom stereocenters. The van der Waals surface area contributed by atoms with Crippen LogP contribution in [0.1, 0.15) is 52.7 Å². The molecule has 0 atom stereocenters. The Bertz CT molecular complexity index is 4910. The van der Waals surface area contributed by atoms with Crippen LogP contribution in [0.15, 0.2) is 286 Å². The van der Waals surface area contributed by atoms with E-state index in [0.29, 0.717) is 0 Å². The third kappa shape index (κ3) is 9.37. The standard InChI is InChI=1S/C82H65BN6O/c1-81(2,3)59-42-43-84-78(51-59)89-72-41-38-57(58-47-76-79-77(48-58)88(62-30-17-10-18-31-62)74-37-22-20-35-71(74)83(79)70-34-19-21-36-73(70)87(76)61-28-15-9-16-29-61)46-69(72)68-40-39-64(53-75(68)89)90-65-50-60(82(4,5)6)49-63(52-65)85-44-45-86(54-85)80-66(55-24-11-7-12-25-55)32-23-33-67(80)56-26-13-8-14-27-56/h7-53H,1-6H3. The first-order valence-corrected chi connectivity index (χ1v) is 31.1. The summed E-state index contributed by atoms with van der Waals surface area (Å²) in [7, 11) is 0. The molecular formula is C82H65BN6O. The maximum atomic E-state index is 7.15. The fourth-order valence-electron chi connectivity index (χ4n) is 13.7. The minimum absolute atomic E-state index is 0.0215. The largest absolute Gasteiger partial charge is 0.458 e. The van der Waals surface area contributed by atoms with Crippen LogP contribution in [-0.4, -0.2) is 20.8 Å². The number of anilines is 6. The monoisotopic (exact) mass is 1160 g/mol. The van der Waals surface area contributed by atoms with E-state index in [1.807, 2.05) is 6.20 Å². The Morgan fingerprint density at radius 1 is 0.422 bits per heavy atom. The molecule has 0 spiro atoms. The van der Waals surface area contributed by atoms with E-state index in [-0.39, 0.29) is 17.5 Å². The second-order valence-electron chi connectivity index (χ2n) is 25.9. The molecule has 0 radical (unpaired) electrons. The van der Waals surface area contributed by atoms with Gasteiger partial charge in [0.2, 0.25) is 0 Å². The summed E-state index contributed by atoms with van der Waals surface area (Å²) in [5, 5.41) is 2.22. The van der Waals surface area contributed by atoms with Crippen molar-refractivity contribution >= 4 is 79.0 Å². The highest BCUT2D eigenvalue weighted by atomic mass is 16.5. The van der Waals surface area contributed by atoms with E-state index in [9.17, 15) is 0 Å². The molecule has 11 aromatic carbocycles. The number of hydrogen-bond acceptors (Lipinski definition) is 4. The predicted molar refractivity (Wildman–Crippen MR) is 373 cm³/mol. The molecule has 14 aromatic rings. The van der Waals surface area contributed by atoms with Crippen LogP contribution in [-0.2, 0) is 10.8 Å². The second-order valence-corrected chi connectivity index (χ2v) is 25.9. The molecule has 90 heavy (non-hydrogen) atoms. The van der Waals surface area contributed by atoms with E-state index >= 15 is 0 Å². The fraction of sp³-hybridized carbons (Fsp3) is 0.0976. The summed E-state index contributed by atoms with van der Waals surface area (Å²) in [4.78, 5) is 10.1. The van der Waals surface area contributed by atoms with Crippen molar-refractivity contribution in [2.45, 2.75) is 52.4 Å². The molecule has 0 saturated heterocycles. The maximum Gasteiger partial charge on any atom is 0.268 e. The molecule has 5 heterocycles. The van der Waals surface area contributed by atoms with Crippen molar-refractivity contribution in [2.24, 2.45) is 0 Å². The first-order valence-electron chi connectivity index (χ1n) is 31.1. The Hall–Kier alpha value is -11.0. The molecule has 432 valence electrons. The van der Waals surface area contributed by atoms with Crippen molar-refractivity contribution in [1.82, 2.24) is 14.1 Å². The average Bonchev–Trinajstić information content (AvgIpc) is 0.956. The van der Waals surface area contributed by atoms with E-state index in [1.54, 1.807) is 0 Å². The van der Waals surface area contributed by atoms with Crippen molar-refractivity contribution in [3.8, 4) is 62.1 Å². The molecule has 7 nitrogen and oxygen atoms in total. The van der Waals surface area contributed by atoms with Gasteiger partial charge in [0.1, 0.15) is 17.3 Å². The molecule has 0 N–H and O–H groups in total. The Kier molecular flexibility index (Phi) is 13.0. The number of fused-ring (bicyclic) bond motifs is 7. The normalized spacial score (nSPS) is 12.7. The van der Waals surface area contributed by atoms with E-state index in [0.717, 1.165) is 101 Å². The molecule has 3 aromatic heterocycles. The van der Waals surface area contributed by atoms with E-state index < -0.39 is 0 Å². The zero-order valence-electron chi connectivity index (χ0n) is 51.3. The third-order valence-electron chi connectivity index (χ3n) is 18.1. The van der Waals surface area contributed by atoms with Crippen LogP contribution in [0.25, 0.3) is 72.4 Å². The lowest BCUT2D eigenvalue weighted by atomic mass is 9.33. The van der Waals surface area contributed by atoms with Crippen LogP contribution in [0, 0.1) is 6.33 Å². The van der Waals surface area contributed by atoms with E-state index in [1.165, 1.54) is 44.7 Å². The van der Waals surface area contributed by atoms with Gasteiger partial charge in [0, 0.05) is 69.6 Å². The summed E-state index contributed by atoms with van der Waals surface area (Å²) in [6.45, 7) is 13.6. The molecule has 2 aliphatic rings. The summed E-state index contributed by atoms with van der Waals surface area (Å²) in [5.41, 5.74) is 23.7. The van der Waals surface area contributed by atoms with Gasteiger partial charge < -0.3 is 14.5 Å². The Labute approximate surface area is 526 Å². The minimum Gasteiger partial charge on any atom is -0.458 e. The quantitative estimate of drug-likeness (QED) is 0.0777. The Morgan fingerprint density at radius 2 is 1.00 bits per heavy atom. The number of ether oxygens (including phenoxy) is 1. The van der Waals surface area contributed by atoms with Crippen molar-refractivity contribution in [1.29, 1.82) is 0 Å². The Balaban J connectivity index is 0.848. The van der Waals surface area contributed by atoms with Crippen LogP contribution in [0.3, 0.4) is 0 Å². The molecule has 0 aliphatic carbocycles. The summed E-state index contributed by atoms with van der Waals surface area (Å²) in [6, 6.07) is 96.8. The van der Waals surface area contributed by atoms with Gasteiger partial charge in [-0.2, -0.15) is 0 Å². The topological polar surface area (TPSA) is 42.3 Å². The molecule has 16 rings (SSSR count). The second kappa shape index (κ2) is 21.4. The van der Waals surface area contributed by atoms with Gasteiger partial charge in [0.15, 0.2) is 0 Å². The lowest BCUT2D eigenvalue weighted by Crippen LogP contribution is -2.61. The van der Waals surface area contributed by atoms with Gasteiger partial charge in [0.05, 0.1) is 22.4 Å². The molecule has 0 saturated carbocycles. The van der Waals surface area contributed by atoms with Gasteiger partial charge in [-0.05, 0) is 175 Å². The van der Waals surface area contributed by atoms with Crippen molar-refractivity contribution < 1.29 is 9.30 Å². The Morgan fingerprint density at radius 3 is 1.60 bits per heavy atom. The maximum absolute atomic E-state index is 7.15. The zero-order valence-corrected chi connectivity index (χ0v) is 51.3. The van der Waals surface area contributed by atoms with Gasteiger partial charge in [-0.3, -0.25) is 13.7 Å². The number of benzene rings is 11. The summed E-state index contributed by atoms with van der Waals surface area (Å²) in [5.74, 6) is 2.30. The molecule has 8 heteroatoms. The number of nitrogens with zero attached hydrogens (tertiary/aromatic N) is 6. The van der Waals surface area contributed by atoms with Crippen molar-refractivity contribution in [3.63, 3.8) is 0 Å². The van der Waals surface area contributed by atoms with E-state index in [2.05, 4.69) is 351 Å². The predicted octanol–water partition coefficient (Wildman–Crippen LogP) is 18.5. The van der Waals surface area contributed by atoms with Gasteiger partial charge in [0.25, 0.3) is 13.0 Å². The highest BCUT2D eigenvalue weighted by molar-refractivity contribution is 7.00. The van der Waals surface area contributed by atoms with Crippen LogP contribution in [0.2, 0.25) is 0 Å².